The van der Waals surface area contributed by atoms with Gasteiger partial charge in [-0.1, -0.05) is 36.8 Å². The van der Waals surface area contributed by atoms with Crippen LogP contribution in [0, 0.1) is 6.92 Å². The molecule has 2 aromatic rings. The lowest BCUT2D eigenvalue weighted by Crippen LogP contribution is -2.45. The number of nitrogens with one attached hydrogen (secondary N) is 2. The number of benzene rings is 1. The molecule has 10 nitrogen and oxygen atoms in total. The number of hydrogen-bond donors (Lipinski definition) is 4. The van der Waals surface area contributed by atoms with E-state index in [0.717, 1.165) is 24.8 Å². The summed E-state index contributed by atoms with van der Waals surface area (Å²) in [5.74, 6) is 0.0709. The van der Waals surface area contributed by atoms with Gasteiger partial charge in [0.05, 0.1) is 12.2 Å². The van der Waals surface area contributed by atoms with E-state index in [4.69, 9.17) is 21.3 Å². The zero-order valence-electron chi connectivity index (χ0n) is 17.9. The van der Waals surface area contributed by atoms with Crippen molar-refractivity contribution in [3.8, 4) is 0 Å². The first kappa shape index (κ1) is 22.1. The average molecular weight is 428 g/mol. The van der Waals surface area contributed by atoms with Gasteiger partial charge in [0.1, 0.15) is 24.7 Å². The Morgan fingerprint density at radius 2 is 2.00 bits per heavy atom. The van der Waals surface area contributed by atoms with Crippen molar-refractivity contribution in [2.24, 2.45) is 16.6 Å². The van der Waals surface area contributed by atoms with Crippen molar-refractivity contribution < 1.29 is 9.63 Å². The van der Waals surface area contributed by atoms with Crippen LogP contribution in [0.1, 0.15) is 36.2 Å². The summed E-state index contributed by atoms with van der Waals surface area (Å²) in [5.41, 5.74) is 11.8. The van der Waals surface area contributed by atoms with Crippen LogP contribution in [-0.2, 0) is 21.6 Å². The smallest absolute Gasteiger partial charge is 0.274 e. The molecule has 3 rings (SSSR count). The van der Waals surface area contributed by atoms with Crippen LogP contribution in [0.3, 0.4) is 0 Å². The summed E-state index contributed by atoms with van der Waals surface area (Å²) in [4.78, 5) is 35.5. The molecule has 0 atom stereocenters. The summed E-state index contributed by atoms with van der Waals surface area (Å²) in [7, 11) is 1.75. The Bertz CT molecular complexity index is 1010. The van der Waals surface area contributed by atoms with Crippen molar-refractivity contribution in [1.29, 1.82) is 0 Å². The molecule has 1 fully saturated rings. The van der Waals surface area contributed by atoms with Crippen molar-refractivity contribution in [1.82, 2.24) is 14.9 Å². The van der Waals surface area contributed by atoms with E-state index in [1.807, 2.05) is 30.3 Å². The van der Waals surface area contributed by atoms with Crippen LogP contribution in [0.2, 0.25) is 0 Å². The topological polar surface area (TPSA) is 150 Å². The van der Waals surface area contributed by atoms with Gasteiger partial charge in [0.15, 0.2) is 0 Å². The molecule has 1 aromatic carbocycles. The van der Waals surface area contributed by atoms with E-state index in [0.29, 0.717) is 17.2 Å². The third kappa shape index (κ3) is 4.62. The lowest BCUT2D eigenvalue weighted by molar-refractivity contribution is -0.122. The molecule has 1 heterocycles. The predicted molar refractivity (Wildman–Crippen MR) is 119 cm³/mol. The van der Waals surface area contributed by atoms with Crippen LogP contribution in [-0.4, -0.2) is 41.6 Å². The molecule has 0 bridgehead atoms. The van der Waals surface area contributed by atoms with Gasteiger partial charge in [-0.3, -0.25) is 14.2 Å². The highest BCUT2D eigenvalue weighted by atomic mass is 16.6. The molecule has 1 aliphatic rings. The summed E-state index contributed by atoms with van der Waals surface area (Å²) in [6.07, 6.45) is 2.72. The standard InChI is InChI=1S/C21H29N7O3/c1-14-18(24-2)26-17(21(9-6-10-21)15-7-4-3-5-8-15)19(30)28(14)13-16(29)25-11-12-31-27-20(22)23/h3-5,7-8,24H,6,9-13H2,1-2H3,(H,25,29)(H4,22,23,27). The van der Waals surface area contributed by atoms with Crippen molar-refractivity contribution in [2.45, 2.75) is 38.1 Å². The van der Waals surface area contributed by atoms with E-state index in [-0.39, 0.29) is 37.1 Å². The van der Waals surface area contributed by atoms with Crippen LogP contribution in [0.5, 0.6) is 0 Å². The summed E-state index contributed by atoms with van der Waals surface area (Å²) >= 11 is 0. The number of rotatable bonds is 9. The number of aromatic nitrogens is 2. The largest absolute Gasteiger partial charge is 0.391 e. The zero-order chi connectivity index (χ0) is 22.4. The molecule has 1 amide bonds. The van der Waals surface area contributed by atoms with Gasteiger partial charge in [-0.05, 0) is 30.5 Å². The zero-order valence-corrected chi connectivity index (χ0v) is 17.9. The minimum Gasteiger partial charge on any atom is -0.391 e. The van der Waals surface area contributed by atoms with Crippen molar-refractivity contribution >= 4 is 17.7 Å². The number of amides is 1. The first-order chi connectivity index (χ1) is 14.9. The SMILES string of the molecule is CNc1nc(C2(c3ccccc3)CCC2)c(=O)n(CC(=O)NCCON=C(N)N)c1C. The second-order valence-electron chi connectivity index (χ2n) is 7.54. The number of carbonyl (C=O) groups is 1. The van der Waals surface area contributed by atoms with E-state index < -0.39 is 5.41 Å². The van der Waals surface area contributed by atoms with E-state index in [2.05, 4.69) is 15.8 Å². The minimum absolute atomic E-state index is 0.109. The Hall–Kier alpha value is -3.56. The van der Waals surface area contributed by atoms with Crippen LogP contribution < -0.4 is 27.7 Å². The highest BCUT2D eigenvalue weighted by molar-refractivity contribution is 5.76. The van der Waals surface area contributed by atoms with Gasteiger partial charge in [0, 0.05) is 12.5 Å². The Morgan fingerprint density at radius 3 is 2.58 bits per heavy atom. The fourth-order valence-corrected chi connectivity index (χ4v) is 3.89. The van der Waals surface area contributed by atoms with Crippen LogP contribution in [0.25, 0.3) is 0 Å². The molecule has 1 aromatic heterocycles. The molecule has 10 heteroatoms. The molecule has 166 valence electrons. The third-order valence-electron chi connectivity index (χ3n) is 5.63. The normalized spacial score (nSPS) is 14.3. The van der Waals surface area contributed by atoms with Crippen molar-refractivity contribution in [3.05, 3.63) is 57.6 Å². The van der Waals surface area contributed by atoms with E-state index >= 15 is 0 Å². The van der Waals surface area contributed by atoms with E-state index in [1.165, 1.54) is 4.57 Å². The lowest BCUT2D eigenvalue weighted by Gasteiger charge is -2.41. The molecule has 6 N–H and O–H groups in total. The number of guanidine groups is 1. The van der Waals surface area contributed by atoms with Gasteiger partial charge < -0.3 is 26.9 Å². The monoisotopic (exact) mass is 427 g/mol. The lowest BCUT2D eigenvalue weighted by atomic mass is 9.62. The quantitative estimate of drug-likeness (QED) is 0.196. The molecule has 1 saturated carbocycles. The van der Waals surface area contributed by atoms with Crippen LogP contribution >= 0.6 is 0 Å². The van der Waals surface area contributed by atoms with Crippen molar-refractivity contribution in [3.63, 3.8) is 0 Å². The number of hydrogen-bond acceptors (Lipinski definition) is 6. The number of nitrogens with two attached hydrogens (primary N) is 2. The molecular weight excluding hydrogens is 398 g/mol. The molecule has 31 heavy (non-hydrogen) atoms. The third-order valence-corrected chi connectivity index (χ3v) is 5.63. The van der Waals surface area contributed by atoms with Crippen LogP contribution in [0.4, 0.5) is 5.82 Å². The van der Waals surface area contributed by atoms with E-state index in [9.17, 15) is 9.59 Å². The van der Waals surface area contributed by atoms with Gasteiger partial charge in [0.25, 0.3) is 5.56 Å². The second kappa shape index (κ2) is 9.50. The maximum Gasteiger partial charge on any atom is 0.274 e. The molecule has 0 spiro atoms. The summed E-state index contributed by atoms with van der Waals surface area (Å²) < 4.78 is 1.48. The highest BCUT2D eigenvalue weighted by Gasteiger charge is 2.44. The molecular formula is C21H29N7O3. The second-order valence-corrected chi connectivity index (χ2v) is 7.54. The number of anilines is 1. The maximum absolute atomic E-state index is 13.5. The first-order valence-electron chi connectivity index (χ1n) is 10.2. The van der Waals surface area contributed by atoms with Gasteiger partial charge in [0.2, 0.25) is 11.9 Å². The molecule has 1 aliphatic carbocycles. The fourth-order valence-electron chi connectivity index (χ4n) is 3.89. The molecule has 0 radical (unpaired) electrons. The molecule has 0 saturated heterocycles. The summed E-state index contributed by atoms with van der Waals surface area (Å²) in [6.45, 7) is 1.96. The van der Waals surface area contributed by atoms with Gasteiger partial charge in [-0.15, -0.1) is 0 Å². The van der Waals surface area contributed by atoms with Gasteiger partial charge in [-0.2, -0.15) is 0 Å². The van der Waals surface area contributed by atoms with Gasteiger partial charge in [-0.25, -0.2) is 4.98 Å². The Labute approximate surface area is 180 Å². The Morgan fingerprint density at radius 1 is 1.29 bits per heavy atom. The number of nitrogens with zero attached hydrogens (tertiary/aromatic N) is 3. The number of carbonyl (C=O) groups excluding carboxylic acids is 1. The number of oxime groups is 1. The summed E-state index contributed by atoms with van der Waals surface area (Å²) in [6, 6.07) is 9.97. The van der Waals surface area contributed by atoms with E-state index in [1.54, 1.807) is 14.0 Å². The average Bonchev–Trinajstić information content (AvgIpc) is 2.72. The Kier molecular flexibility index (Phi) is 6.78. The highest BCUT2D eigenvalue weighted by Crippen LogP contribution is 2.47. The summed E-state index contributed by atoms with van der Waals surface area (Å²) in [5, 5.41) is 9.15. The van der Waals surface area contributed by atoms with Crippen molar-refractivity contribution in [2.75, 3.05) is 25.5 Å². The maximum atomic E-state index is 13.5. The first-order valence-corrected chi connectivity index (χ1v) is 10.2. The predicted octanol–water partition coefficient (Wildman–Crippen LogP) is 0.385. The van der Waals surface area contributed by atoms with Gasteiger partial charge >= 0.3 is 0 Å². The molecule has 0 aliphatic heterocycles. The minimum atomic E-state index is -0.427. The fraction of sp³-hybridized carbons (Fsp3) is 0.429. The Balaban J connectivity index is 1.87. The van der Waals surface area contributed by atoms with Crippen LogP contribution in [0.15, 0.2) is 40.3 Å². The molecule has 0 unspecified atom stereocenters.